The van der Waals surface area contributed by atoms with Gasteiger partial charge >= 0.3 is 0 Å². The molecule has 1 aromatic carbocycles. The van der Waals surface area contributed by atoms with Crippen LogP contribution in [-0.4, -0.2) is 11.5 Å². The Morgan fingerprint density at radius 3 is 2.55 bits per heavy atom. The second-order valence-electron chi connectivity index (χ2n) is 3.81. The van der Waals surface area contributed by atoms with Crippen LogP contribution in [0.15, 0.2) is 28.7 Å². The summed E-state index contributed by atoms with van der Waals surface area (Å²) in [5.74, 6) is 1.23. The van der Waals surface area contributed by atoms with Crippen molar-refractivity contribution in [1.29, 1.82) is 0 Å². The van der Waals surface area contributed by atoms with Crippen molar-refractivity contribution in [1.82, 2.24) is 4.98 Å². The van der Waals surface area contributed by atoms with Crippen molar-refractivity contribution in [2.75, 3.05) is 11.9 Å². The third kappa shape index (κ3) is 3.70. The fraction of sp³-hybridized carbons (Fsp3) is 0.154. The molecule has 0 saturated heterocycles. The van der Waals surface area contributed by atoms with Gasteiger partial charge in [-0.15, -0.1) is 0 Å². The number of aromatic nitrogens is 1. The number of ether oxygens (including phenoxy) is 1. The second-order valence-corrected chi connectivity index (χ2v) is 5.95. The second kappa shape index (κ2) is 6.85. The van der Waals surface area contributed by atoms with Gasteiger partial charge in [0.25, 0.3) is 0 Å². The molecule has 0 saturated carbocycles. The van der Waals surface area contributed by atoms with Crippen LogP contribution in [0.25, 0.3) is 0 Å². The Morgan fingerprint density at radius 2 is 1.90 bits per heavy atom. The molecule has 0 aliphatic rings. The number of pyridine rings is 1. The molecule has 0 radical (unpaired) electrons. The summed E-state index contributed by atoms with van der Waals surface area (Å²) in [6, 6.07) is 6.85. The number of nitrogens with one attached hydrogen (secondary N) is 1. The average Bonchev–Trinajstić information content (AvgIpc) is 2.38. The summed E-state index contributed by atoms with van der Waals surface area (Å²) in [4.78, 5) is 4.25. The van der Waals surface area contributed by atoms with Gasteiger partial charge in [0.2, 0.25) is 5.88 Å². The van der Waals surface area contributed by atoms with Crippen molar-refractivity contribution in [3.63, 3.8) is 0 Å². The van der Waals surface area contributed by atoms with Gasteiger partial charge in [-0.05, 0) is 31.2 Å². The van der Waals surface area contributed by atoms with Crippen LogP contribution in [0.2, 0.25) is 15.1 Å². The third-order valence-corrected chi connectivity index (χ3v) is 3.69. The number of rotatable bonds is 4. The monoisotopic (exact) mass is 394 g/mol. The van der Waals surface area contributed by atoms with E-state index in [1.807, 2.05) is 13.0 Å². The molecule has 3 nitrogen and oxygen atoms in total. The predicted molar refractivity (Wildman–Crippen MR) is 87.6 cm³/mol. The Bertz CT molecular complexity index is 637. The summed E-state index contributed by atoms with van der Waals surface area (Å²) in [5.41, 5.74) is 0. The fourth-order valence-corrected chi connectivity index (χ4v) is 2.65. The number of benzene rings is 1. The lowest BCUT2D eigenvalue weighted by Crippen LogP contribution is -2.01. The molecule has 20 heavy (non-hydrogen) atoms. The fourth-order valence-electron chi connectivity index (χ4n) is 1.47. The van der Waals surface area contributed by atoms with E-state index in [-0.39, 0.29) is 5.88 Å². The Hall–Kier alpha value is -0.680. The summed E-state index contributed by atoms with van der Waals surface area (Å²) >= 11 is 21.5. The van der Waals surface area contributed by atoms with E-state index in [0.29, 0.717) is 33.2 Å². The van der Waals surface area contributed by atoms with Crippen LogP contribution in [0, 0.1) is 0 Å². The molecular weight excluding hydrogens is 386 g/mol. The lowest BCUT2D eigenvalue weighted by molar-refractivity contribution is 0.464. The van der Waals surface area contributed by atoms with Gasteiger partial charge < -0.3 is 10.1 Å². The van der Waals surface area contributed by atoms with Gasteiger partial charge in [0.15, 0.2) is 0 Å². The molecule has 0 atom stereocenters. The zero-order valence-corrected chi connectivity index (χ0v) is 14.2. The molecule has 0 unspecified atom stereocenters. The first-order chi connectivity index (χ1) is 9.51. The molecule has 106 valence electrons. The highest BCUT2D eigenvalue weighted by Gasteiger charge is 2.12. The first-order valence-corrected chi connectivity index (χ1v) is 7.66. The van der Waals surface area contributed by atoms with Crippen molar-refractivity contribution in [3.8, 4) is 11.6 Å². The van der Waals surface area contributed by atoms with Gasteiger partial charge in [-0.1, -0.05) is 50.7 Å². The van der Waals surface area contributed by atoms with Gasteiger partial charge in [0, 0.05) is 11.0 Å². The summed E-state index contributed by atoms with van der Waals surface area (Å²) in [6.45, 7) is 2.63. The molecule has 1 aromatic heterocycles. The van der Waals surface area contributed by atoms with Crippen LogP contribution in [0.5, 0.6) is 11.6 Å². The largest absolute Gasteiger partial charge is 0.436 e. The smallest absolute Gasteiger partial charge is 0.240 e. The molecule has 7 heteroatoms. The molecular formula is C13H10BrCl3N2O. The lowest BCUT2D eigenvalue weighted by atomic mass is 10.3. The molecule has 2 rings (SSSR count). The minimum Gasteiger partial charge on any atom is -0.436 e. The van der Waals surface area contributed by atoms with E-state index < -0.39 is 0 Å². The maximum Gasteiger partial charge on any atom is 0.240 e. The molecule has 0 aliphatic heterocycles. The molecule has 0 amide bonds. The summed E-state index contributed by atoms with van der Waals surface area (Å²) < 4.78 is 6.50. The van der Waals surface area contributed by atoms with Crippen LogP contribution < -0.4 is 10.1 Å². The van der Waals surface area contributed by atoms with Crippen LogP contribution >= 0.6 is 50.7 Å². The Balaban J connectivity index is 2.35. The zero-order valence-electron chi connectivity index (χ0n) is 10.4. The molecule has 2 aromatic rings. The number of hydrogen-bond donors (Lipinski definition) is 1. The number of nitrogens with zero attached hydrogens (tertiary/aromatic N) is 1. The Labute approximate surface area is 140 Å². The Kier molecular flexibility index (Phi) is 5.38. The Morgan fingerprint density at radius 1 is 1.15 bits per heavy atom. The maximum atomic E-state index is 6.10. The summed E-state index contributed by atoms with van der Waals surface area (Å²) in [5, 5.41) is 4.24. The topological polar surface area (TPSA) is 34.2 Å². The molecule has 0 spiro atoms. The minimum atomic E-state index is 0.247. The standard InChI is InChI=1S/C13H10BrCl3N2O/c1-2-18-12-9(16)6-10(17)13(19-12)20-11-4-3-7(14)5-8(11)15/h3-6H,2H2,1H3,(H,18,19). The normalized spacial score (nSPS) is 10.4. The van der Waals surface area contributed by atoms with Crippen molar-refractivity contribution in [2.24, 2.45) is 0 Å². The van der Waals surface area contributed by atoms with Gasteiger partial charge in [-0.3, -0.25) is 0 Å². The number of hydrogen-bond acceptors (Lipinski definition) is 3. The van der Waals surface area contributed by atoms with E-state index in [0.717, 1.165) is 4.47 Å². The van der Waals surface area contributed by atoms with Crippen LogP contribution in [-0.2, 0) is 0 Å². The molecule has 0 aliphatic carbocycles. The van der Waals surface area contributed by atoms with E-state index in [2.05, 4.69) is 26.2 Å². The highest BCUT2D eigenvalue weighted by Crippen LogP contribution is 2.36. The molecule has 0 bridgehead atoms. The highest BCUT2D eigenvalue weighted by molar-refractivity contribution is 9.10. The number of anilines is 1. The van der Waals surface area contributed by atoms with Crippen LogP contribution in [0.3, 0.4) is 0 Å². The van der Waals surface area contributed by atoms with E-state index in [1.165, 1.54) is 0 Å². The SMILES string of the molecule is CCNc1nc(Oc2ccc(Br)cc2Cl)c(Cl)cc1Cl. The maximum absolute atomic E-state index is 6.10. The molecule has 0 fully saturated rings. The molecule has 1 N–H and O–H groups in total. The van der Waals surface area contributed by atoms with Crippen molar-refractivity contribution in [2.45, 2.75) is 6.92 Å². The summed E-state index contributed by atoms with van der Waals surface area (Å²) in [6.07, 6.45) is 0. The number of halogens is 4. The highest BCUT2D eigenvalue weighted by atomic mass is 79.9. The van der Waals surface area contributed by atoms with Crippen molar-refractivity contribution in [3.05, 3.63) is 43.8 Å². The van der Waals surface area contributed by atoms with E-state index in [9.17, 15) is 0 Å². The average molecular weight is 396 g/mol. The van der Waals surface area contributed by atoms with Crippen molar-refractivity contribution >= 4 is 56.6 Å². The third-order valence-electron chi connectivity index (χ3n) is 2.34. The lowest BCUT2D eigenvalue weighted by Gasteiger charge is -2.11. The predicted octanol–water partition coefficient (Wildman–Crippen LogP) is 6.03. The first-order valence-electron chi connectivity index (χ1n) is 5.74. The van der Waals surface area contributed by atoms with E-state index in [4.69, 9.17) is 39.5 Å². The van der Waals surface area contributed by atoms with Crippen molar-refractivity contribution < 1.29 is 4.74 Å². The van der Waals surface area contributed by atoms with Gasteiger partial charge in [-0.25, -0.2) is 0 Å². The zero-order chi connectivity index (χ0) is 14.7. The summed E-state index contributed by atoms with van der Waals surface area (Å²) in [7, 11) is 0. The quantitative estimate of drug-likeness (QED) is 0.685. The van der Waals surface area contributed by atoms with Gasteiger partial charge in [0.05, 0.1) is 10.0 Å². The molecule has 1 heterocycles. The van der Waals surface area contributed by atoms with Gasteiger partial charge in [-0.2, -0.15) is 4.98 Å². The minimum absolute atomic E-state index is 0.247. The van der Waals surface area contributed by atoms with Crippen LogP contribution in [0.1, 0.15) is 6.92 Å². The van der Waals surface area contributed by atoms with E-state index in [1.54, 1.807) is 18.2 Å². The van der Waals surface area contributed by atoms with Gasteiger partial charge in [0.1, 0.15) is 16.6 Å². The van der Waals surface area contributed by atoms with Crippen LogP contribution in [0.4, 0.5) is 5.82 Å². The first kappa shape index (κ1) is 15.7. The van der Waals surface area contributed by atoms with E-state index >= 15 is 0 Å².